The summed E-state index contributed by atoms with van der Waals surface area (Å²) in [6.45, 7) is -0.461. The third-order valence-electron chi connectivity index (χ3n) is 6.70. The van der Waals surface area contributed by atoms with Crippen LogP contribution in [-0.2, 0) is 19.1 Å². The fourth-order valence-electron chi connectivity index (χ4n) is 5.85. The second kappa shape index (κ2) is 8.32. The lowest BCUT2D eigenvalue weighted by Gasteiger charge is -2.55. The van der Waals surface area contributed by atoms with E-state index in [-0.39, 0.29) is 30.0 Å². The predicted octanol–water partition coefficient (Wildman–Crippen LogP) is 3.17. The molecule has 0 heterocycles. The molecule has 0 atom stereocenters. The Balaban J connectivity index is 1.18. The van der Waals surface area contributed by atoms with Crippen molar-refractivity contribution < 1.29 is 27.9 Å². The highest BCUT2D eigenvalue weighted by Crippen LogP contribution is 2.60. The van der Waals surface area contributed by atoms with Gasteiger partial charge in [0, 0.05) is 18.0 Å². The summed E-state index contributed by atoms with van der Waals surface area (Å²) in [6, 6.07) is 2.67. The molecule has 0 saturated heterocycles. The van der Waals surface area contributed by atoms with Crippen LogP contribution in [0.3, 0.4) is 0 Å². The first kappa shape index (κ1) is 20.8. The standard InChI is InChI=1S/C22H26F2N2O4/c23-16-1-2-17(24)18(8-16)26-19(27)12-30-20(28)3-4-25-21(29)22-9-13-5-14(10-22)7-15(6-13)11-22/h1-2,8,13-15H,3-7,9-12H2,(H,25,29)(H,26,27). The second-order valence-electron chi connectivity index (χ2n) is 9.04. The first-order chi connectivity index (χ1) is 14.3. The Labute approximate surface area is 173 Å². The van der Waals surface area contributed by atoms with Crippen molar-refractivity contribution in [1.82, 2.24) is 5.32 Å². The SMILES string of the molecule is O=C(COC(=O)CCNC(=O)C12CC3CC(CC(C3)C1)C2)Nc1cc(F)ccc1F. The monoisotopic (exact) mass is 420 g/mol. The summed E-state index contributed by atoms with van der Waals surface area (Å²) in [4.78, 5) is 36.5. The molecule has 1 aromatic rings. The van der Waals surface area contributed by atoms with Gasteiger partial charge >= 0.3 is 5.97 Å². The highest BCUT2D eigenvalue weighted by Gasteiger charge is 2.54. The summed E-state index contributed by atoms with van der Waals surface area (Å²) in [7, 11) is 0. The van der Waals surface area contributed by atoms with Crippen LogP contribution in [-0.4, -0.2) is 30.9 Å². The molecule has 4 aliphatic carbocycles. The van der Waals surface area contributed by atoms with Gasteiger partial charge in [-0.1, -0.05) is 0 Å². The Morgan fingerprint density at radius 2 is 1.67 bits per heavy atom. The van der Waals surface area contributed by atoms with Crippen molar-refractivity contribution in [3.8, 4) is 0 Å². The predicted molar refractivity (Wildman–Crippen MR) is 104 cm³/mol. The molecule has 0 unspecified atom stereocenters. The molecular weight excluding hydrogens is 394 g/mol. The minimum atomic E-state index is -0.788. The van der Waals surface area contributed by atoms with Gasteiger partial charge in [-0.15, -0.1) is 0 Å². The van der Waals surface area contributed by atoms with Gasteiger partial charge in [0.2, 0.25) is 5.91 Å². The number of benzene rings is 1. The van der Waals surface area contributed by atoms with E-state index in [4.69, 9.17) is 4.74 Å². The highest BCUT2D eigenvalue weighted by atomic mass is 19.1. The molecule has 30 heavy (non-hydrogen) atoms. The fraction of sp³-hybridized carbons (Fsp3) is 0.591. The molecule has 2 amide bonds. The zero-order chi connectivity index (χ0) is 21.3. The molecule has 4 fully saturated rings. The van der Waals surface area contributed by atoms with Gasteiger partial charge < -0.3 is 15.4 Å². The number of hydrogen-bond donors (Lipinski definition) is 2. The molecule has 0 radical (unpaired) electrons. The number of rotatable bonds is 7. The van der Waals surface area contributed by atoms with Gasteiger partial charge in [-0.25, -0.2) is 8.78 Å². The molecule has 0 spiro atoms. The molecular formula is C22H26F2N2O4. The van der Waals surface area contributed by atoms with Crippen molar-refractivity contribution in [1.29, 1.82) is 0 Å². The Morgan fingerprint density at radius 3 is 2.30 bits per heavy atom. The number of esters is 1. The van der Waals surface area contributed by atoms with Crippen molar-refractivity contribution in [2.45, 2.75) is 44.9 Å². The molecule has 162 valence electrons. The maximum atomic E-state index is 13.5. The Morgan fingerprint density at radius 1 is 1.03 bits per heavy atom. The fourth-order valence-corrected chi connectivity index (χ4v) is 5.85. The first-order valence-corrected chi connectivity index (χ1v) is 10.5. The van der Waals surface area contributed by atoms with E-state index in [1.807, 2.05) is 0 Å². The highest BCUT2D eigenvalue weighted by molar-refractivity contribution is 5.93. The Bertz CT molecular complexity index is 822. The summed E-state index contributed by atoms with van der Waals surface area (Å²) in [5, 5.41) is 5.03. The number of ether oxygens (including phenoxy) is 1. The average molecular weight is 420 g/mol. The third kappa shape index (κ3) is 4.47. The Hall–Kier alpha value is -2.51. The molecule has 8 heteroatoms. The van der Waals surface area contributed by atoms with Crippen LogP contribution in [0.25, 0.3) is 0 Å². The normalized spacial score (nSPS) is 28.8. The van der Waals surface area contributed by atoms with Crippen LogP contribution in [0.5, 0.6) is 0 Å². The van der Waals surface area contributed by atoms with Gasteiger partial charge in [-0.2, -0.15) is 0 Å². The summed E-state index contributed by atoms with van der Waals surface area (Å²) in [5.74, 6) is -0.882. The van der Waals surface area contributed by atoms with Crippen LogP contribution in [0.1, 0.15) is 44.9 Å². The van der Waals surface area contributed by atoms with E-state index in [0.29, 0.717) is 17.8 Å². The number of halogens is 2. The lowest BCUT2D eigenvalue weighted by Crippen LogP contribution is -2.53. The van der Waals surface area contributed by atoms with Crippen LogP contribution < -0.4 is 10.6 Å². The molecule has 2 N–H and O–H groups in total. The number of hydrogen-bond acceptors (Lipinski definition) is 4. The van der Waals surface area contributed by atoms with E-state index in [9.17, 15) is 23.2 Å². The number of carbonyl (C=O) groups is 3. The van der Waals surface area contributed by atoms with E-state index in [1.165, 1.54) is 19.3 Å². The molecule has 0 aliphatic heterocycles. The molecule has 0 aromatic heterocycles. The van der Waals surface area contributed by atoms with Gasteiger partial charge in [0.25, 0.3) is 5.91 Å². The molecule has 6 nitrogen and oxygen atoms in total. The molecule has 4 aliphatic rings. The quantitative estimate of drug-likeness (QED) is 0.664. The van der Waals surface area contributed by atoms with Crippen LogP contribution in [0, 0.1) is 34.8 Å². The van der Waals surface area contributed by atoms with Gasteiger partial charge in [0.15, 0.2) is 6.61 Å². The summed E-state index contributed by atoms with van der Waals surface area (Å²) in [5.41, 5.74) is -0.591. The van der Waals surface area contributed by atoms with E-state index < -0.39 is 30.1 Å². The van der Waals surface area contributed by atoms with Crippen molar-refractivity contribution in [2.75, 3.05) is 18.5 Å². The second-order valence-corrected chi connectivity index (χ2v) is 9.04. The third-order valence-corrected chi connectivity index (χ3v) is 6.70. The van der Waals surface area contributed by atoms with Crippen LogP contribution in [0.15, 0.2) is 18.2 Å². The lowest BCUT2D eigenvalue weighted by molar-refractivity contribution is -0.148. The van der Waals surface area contributed by atoms with Gasteiger partial charge in [-0.3, -0.25) is 14.4 Å². The van der Waals surface area contributed by atoms with E-state index >= 15 is 0 Å². The van der Waals surface area contributed by atoms with Gasteiger partial charge in [0.1, 0.15) is 11.6 Å². The minimum Gasteiger partial charge on any atom is -0.456 e. The van der Waals surface area contributed by atoms with Crippen LogP contribution in [0.2, 0.25) is 0 Å². The summed E-state index contributed by atoms with van der Waals surface area (Å²) in [6.07, 6.45) is 6.55. The van der Waals surface area contributed by atoms with E-state index in [0.717, 1.165) is 37.5 Å². The van der Waals surface area contributed by atoms with Crippen molar-refractivity contribution >= 4 is 23.5 Å². The zero-order valence-corrected chi connectivity index (χ0v) is 16.7. The lowest BCUT2D eigenvalue weighted by atomic mass is 9.49. The van der Waals surface area contributed by atoms with E-state index in [2.05, 4.69) is 10.6 Å². The molecule has 1 aromatic carbocycles. The topological polar surface area (TPSA) is 84.5 Å². The maximum absolute atomic E-state index is 13.5. The number of anilines is 1. The first-order valence-electron chi connectivity index (χ1n) is 10.5. The van der Waals surface area contributed by atoms with E-state index in [1.54, 1.807) is 0 Å². The van der Waals surface area contributed by atoms with Crippen molar-refractivity contribution in [3.05, 3.63) is 29.8 Å². The largest absolute Gasteiger partial charge is 0.456 e. The summed E-state index contributed by atoms with van der Waals surface area (Å²) >= 11 is 0. The number of amides is 2. The molecule has 4 bridgehead atoms. The molecule has 5 rings (SSSR count). The Kier molecular flexibility index (Phi) is 5.75. The smallest absolute Gasteiger partial charge is 0.308 e. The summed E-state index contributed by atoms with van der Waals surface area (Å²) < 4.78 is 31.5. The average Bonchev–Trinajstić information content (AvgIpc) is 2.68. The zero-order valence-electron chi connectivity index (χ0n) is 16.7. The van der Waals surface area contributed by atoms with Crippen LogP contribution in [0.4, 0.5) is 14.5 Å². The minimum absolute atomic E-state index is 0.0359. The van der Waals surface area contributed by atoms with Gasteiger partial charge in [-0.05, 0) is 68.4 Å². The van der Waals surface area contributed by atoms with Gasteiger partial charge in [0.05, 0.1) is 12.1 Å². The maximum Gasteiger partial charge on any atom is 0.308 e. The molecule has 4 saturated carbocycles. The number of nitrogens with one attached hydrogen (secondary N) is 2. The van der Waals surface area contributed by atoms with Crippen molar-refractivity contribution in [3.63, 3.8) is 0 Å². The number of carbonyl (C=O) groups excluding carboxylic acids is 3. The van der Waals surface area contributed by atoms with Crippen molar-refractivity contribution in [2.24, 2.45) is 23.2 Å². The van der Waals surface area contributed by atoms with Crippen LogP contribution >= 0.6 is 0 Å².